The van der Waals surface area contributed by atoms with Crippen LogP contribution in [0.3, 0.4) is 0 Å². The van der Waals surface area contributed by atoms with Crippen molar-refractivity contribution in [1.82, 2.24) is 20.0 Å². The van der Waals surface area contributed by atoms with Gasteiger partial charge in [0.05, 0.1) is 16.9 Å². The van der Waals surface area contributed by atoms with E-state index in [1.807, 2.05) is 65.9 Å². The first kappa shape index (κ1) is 35.1. The third-order valence-electron chi connectivity index (χ3n) is 8.65. The van der Waals surface area contributed by atoms with Crippen molar-refractivity contribution in [2.45, 2.75) is 45.3 Å². The molecule has 0 spiro atoms. The van der Waals surface area contributed by atoms with Gasteiger partial charge in [-0.05, 0) is 74.8 Å². The zero-order chi connectivity index (χ0) is 35.3. The maximum atomic E-state index is 13.3. The van der Waals surface area contributed by atoms with E-state index in [4.69, 9.17) is 10.8 Å². The van der Waals surface area contributed by atoms with E-state index in [0.29, 0.717) is 31.6 Å². The summed E-state index contributed by atoms with van der Waals surface area (Å²) >= 11 is 0. The van der Waals surface area contributed by atoms with Crippen LogP contribution in [0, 0.1) is 6.92 Å². The lowest BCUT2D eigenvalue weighted by molar-refractivity contribution is -0.137. The predicted molar refractivity (Wildman–Crippen MR) is 181 cm³/mol. The summed E-state index contributed by atoms with van der Waals surface area (Å²) in [6.45, 7) is 11.7. The number of alkyl halides is 3. The molecule has 0 aliphatic carbocycles. The molecular weight excluding hydrogens is 633 g/mol. The first-order valence-electron chi connectivity index (χ1n) is 16.1. The van der Waals surface area contributed by atoms with Gasteiger partial charge in [-0.3, -0.25) is 24.2 Å². The number of amides is 3. The number of para-hydroxylation sites is 1. The Balaban J connectivity index is 0.000000304. The average Bonchev–Trinajstić information content (AvgIpc) is 3.42. The average molecular weight is 673 g/mol. The predicted octanol–water partition coefficient (Wildman–Crippen LogP) is 5.75. The maximum Gasteiger partial charge on any atom is 0.416 e. The van der Waals surface area contributed by atoms with Crippen LogP contribution in [0.25, 0.3) is 5.69 Å². The minimum absolute atomic E-state index is 0.0908. The number of hydrogen-bond acceptors (Lipinski definition) is 5. The van der Waals surface area contributed by atoms with Crippen molar-refractivity contribution >= 4 is 23.5 Å². The highest BCUT2D eigenvalue weighted by Crippen LogP contribution is 2.43. The van der Waals surface area contributed by atoms with Crippen molar-refractivity contribution in [1.29, 1.82) is 0 Å². The molecule has 0 radical (unpaired) electrons. The quantitative estimate of drug-likeness (QED) is 0.220. The summed E-state index contributed by atoms with van der Waals surface area (Å²) in [5.74, 6) is -0.131. The fourth-order valence-corrected chi connectivity index (χ4v) is 6.02. The van der Waals surface area contributed by atoms with Gasteiger partial charge in [-0.25, -0.2) is 4.68 Å². The molecule has 9 nitrogen and oxygen atoms in total. The third kappa shape index (κ3) is 8.09. The van der Waals surface area contributed by atoms with Gasteiger partial charge in [-0.1, -0.05) is 55.1 Å². The van der Waals surface area contributed by atoms with E-state index in [1.54, 1.807) is 0 Å². The second kappa shape index (κ2) is 14.9. The van der Waals surface area contributed by atoms with Crippen molar-refractivity contribution in [2.24, 2.45) is 5.73 Å². The lowest BCUT2D eigenvalue weighted by Gasteiger charge is -2.32. The zero-order valence-corrected chi connectivity index (χ0v) is 27.5. The molecule has 2 aliphatic heterocycles. The van der Waals surface area contributed by atoms with Crippen molar-refractivity contribution < 1.29 is 27.6 Å². The number of likely N-dealkylation sites (tertiary alicyclic amines) is 1. The van der Waals surface area contributed by atoms with Crippen LogP contribution in [0.5, 0.6) is 0 Å². The number of rotatable bonds is 9. The van der Waals surface area contributed by atoms with Gasteiger partial charge in [-0.15, -0.1) is 0 Å². The summed E-state index contributed by atoms with van der Waals surface area (Å²) in [5.41, 5.74) is 9.40. The third-order valence-corrected chi connectivity index (χ3v) is 8.65. The fraction of sp³-hybridized carbons (Fsp3) is 0.297. The van der Waals surface area contributed by atoms with E-state index in [0.717, 1.165) is 65.2 Å². The van der Waals surface area contributed by atoms with Gasteiger partial charge < -0.3 is 11.1 Å². The molecule has 0 saturated carbocycles. The summed E-state index contributed by atoms with van der Waals surface area (Å²) in [6.07, 6.45) is -2.86. The van der Waals surface area contributed by atoms with Crippen molar-refractivity contribution in [2.75, 3.05) is 31.1 Å². The molecule has 3 aromatic carbocycles. The minimum atomic E-state index is -4.44. The molecule has 3 heterocycles. The fourth-order valence-electron chi connectivity index (χ4n) is 6.02. The summed E-state index contributed by atoms with van der Waals surface area (Å²) in [4.78, 5) is 40.4. The molecule has 256 valence electrons. The van der Waals surface area contributed by atoms with Crippen LogP contribution in [0.4, 0.5) is 19.0 Å². The molecule has 0 bridgehead atoms. The standard InChI is InChI=1S/C29H33N5O2.C8H6F3NO/c1-4-33-26(35)17-25(27-21(3)31-34(29(27)33)24-12-6-5-7-13-24)23-11-8-10-22(16-23)18-30-28(36)20(2)19-32-14-9-15-32;9-8(10,11)6-3-1-2-5(4-6)7(12)13/h5-8,10-13,16,25H,2,4,9,14-15,17-19H2,1,3H3,(H,30,36);1-4H,(H2,12,13). The second-order valence-corrected chi connectivity index (χ2v) is 12.1. The molecule has 3 N–H and O–H groups in total. The molecule has 12 heteroatoms. The number of aryl methyl sites for hydroxylation is 1. The molecule has 1 aromatic heterocycles. The highest BCUT2D eigenvalue weighted by atomic mass is 19.4. The van der Waals surface area contributed by atoms with Gasteiger partial charge >= 0.3 is 6.18 Å². The number of carbonyl (C=O) groups is 3. The molecule has 2 aliphatic rings. The first-order valence-corrected chi connectivity index (χ1v) is 16.1. The number of nitrogens with two attached hydrogens (primary N) is 1. The summed E-state index contributed by atoms with van der Waals surface area (Å²) < 4.78 is 38.1. The number of nitrogens with zero attached hydrogens (tertiary/aromatic N) is 4. The van der Waals surface area contributed by atoms with E-state index < -0.39 is 17.6 Å². The van der Waals surface area contributed by atoms with Crippen LogP contribution in [-0.2, 0) is 22.3 Å². The van der Waals surface area contributed by atoms with E-state index in [1.165, 1.54) is 12.5 Å². The van der Waals surface area contributed by atoms with Crippen LogP contribution in [-0.4, -0.2) is 58.6 Å². The van der Waals surface area contributed by atoms with Crippen LogP contribution >= 0.6 is 0 Å². The van der Waals surface area contributed by atoms with Crippen LogP contribution < -0.4 is 16.0 Å². The normalized spacial score (nSPS) is 15.8. The van der Waals surface area contributed by atoms with Gasteiger partial charge in [0.2, 0.25) is 17.7 Å². The zero-order valence-electron chi connectivity index (χ0n) is 27.5. The number of nitrogens with one attached hydrogen (secondary N) is 1. The van der Waals surface area contributed by atoms with Gasteiger partial charge in [0.25, 0.3) is 0 Å². The SMILES string of the molecule is C=C(CN1CCC1)C(=O)NCc1cccc(C2CC(=O)N(CC)c3c2c(C)nn3-c2ccccc2)c1.NC(=O)c1cccc(C(F)(F)F)c1. The number of aromatic nitrogens is 2. The number of primary amides is 1. The summed E-state index contributed by atoms with van der Waals surface area (Å²) in [5, 5.41) is 7.87. The Morgan fingerprint density at radius 2 is 1.73 bits per heavy atom. The number of hydrogen-bond donors (Lipinski definition) is 2. The summed E-state index contributed by atoms with van der Waals surface area (Å²) in [6, 6.07) is 22.1. The molecular formula is C37H39F3N6O3. The van der Waals surface area contributed by atoms with E-state index in [2.05, 4.69) is 28.9 Å². The van der Waals surface area contributed by atoms with Gasteiger partial charge in [0, 0.05) is 48.7 Å². The van der Waals surface area contributed by atoms with Crippen molar-refractivity contribution in [3.63, 3.8) is 0 Å². The Morgan fingerprint density at radius 1 is 1.02 bits per heavy atom. The van der Waals surface area contributed by atoms with Crippen molar-refractivity contribution in [3.8, 4) is 5.69 Å². The molecule has 3 amide bonds. The largest absolute Gasteiger partial charge is 0.416 e. The lowest BCUT2D eigenvalue weighted by atomic mass is 9.84. The van der Waals surface area contributed by atoms with Crippen LogP contribution in [0.15, 0.2) is 91.0 Å². The number of benzene rings is 3. The molecule has 1 fully saturated rings. The lowest BCUT2D eigenvalue weighted by Crippen LogP contribution is -2.40. The molecule has 1 saturated heterocycles. The van der Waals surface area contributed by atoms with Crippen molar-refractivity contribution in [3.05, 3.63) is 125 Å². The van der Waals surface area contributed by atoms with E-state index in [9.17, 15) is 27.6 Å². The summed E-state index contributed by atoms with van der Waals surface area (Å²) in [7, 11) is 0. The Labute approximate surface area is 283 Å². The monoisotopic (exact) mass is 672 g/mol. The smallest absolute Gasteiger partial charge is 0.366 e. The number of fused-ring (bicyclic) bond motifs is 1. The number of carbonyl (C=O) groups excluding carboxylic acids is 3. The first-order chi connectivity index (χ1) is 23.4. The molecule has 6 rings (SSSR count). The highest BCUT2D eigenvalue weighted by molar-refractivity contribution is 5.97. The van der Waals surface area contributed by atoms with Gasteiger partial charge in [0.1, 0.15) is 5.82 Å². The van der Waals surface area contributed by atoms with Gasteiger partial charge in [-0.2, -0.15) is 18.3 Å². The second-order valence-electron chi connectivity index (χ2n) is 12.1. The molecule has 1 unspecified atom stereocenters. The van der Waals surface area contributed by atoms with E-state index in [-0.39, 0.29) is 23.3 Å². The van der Waals surface area contributed by atoms with Crippen LogP contribution in [0.2, 0.25) is 0 Å². The molecule has 49 heavy (non-hydrogen) atoms. The van der Waals surface area contributed by atoms with Gasteiger partial charge in [0.15, 0.2) is 0 Å². The topological polar surface area (TPSA) is 114 Å². The molecule has 4 aromatic rings. The Bertz CT molecular complexity index is 1850. The Hall–Kier alpha value is -5.23. The maximum absolute atomic E-state index is 13.3. The Kier molecular flexibility index (Phi) is 10.7. The Morgan fingerprint density at radius 3 is 2.37 bits per heavy atom. The highest BCUT2D eigenvalue weighted by Gasteiger charge is 2.37. The number of anilines is 1. The number of halogens is 3. The van der Waals surface area contributed by atoms with E-state index >= 15 is 0 Å². The molecule has 1 atom stereocenters. The minimum Gasteiger partial charge on any atom is -0.366 e. The van der Waals surface area contributed by atoms with Crippen LogP contribution in [0.1, 0.15) is 64.0 Å².